The van der Waals surface area contributed by atoms with Gasteiger partial charge in [0.15, 0.2) is 0 Å². The minimum atomic E-state index is -1.04. The summed E-state index contributed by atoms with van der Waals surface area (Å²) in [6, 6.07) is 15.0. The second-order valence-corrected chi connectivity index (χ2v) is 8.54. The Morgan fingerprint density at radius 3 is 2.26 bits per heavy atom. The van der Waals surface area contributed by atoms with Gasteiger partial charge in [-0.1, -0.05) is 48.5 Å². The number of benzene rings is 2. The molecule has 0 radical (unpaired) electrons. The average molecular weight is 484 g/mol. The molecule has 9 heteroatoms. The standard InChI is InChI=1S/C26H33N3O6/c1-29(15-16-34-2)14-13-27-25(32)23(11-12-24(30)31)28-26(33)35-17-22-20-9-5-3-7-18(20)19-8-4-6-10-21(19)22/h3-10,22-23H,11-17H2,1-2H3,(H,27,32)(H,28,33)(H,30,31). The Labute approximate surface area is 205 Å². The number of carbonyl (C=O) groups excluding carboxylic acids is 2. The van der Waals surface area contributed by atoms with E-state index in [1.54, 1.807) is 7.11 Å². The highest BCUT2D eigenvalue weighted by molar-refractivity contribution is 5.86. The van der Waals surface area contributed by atoms with Crippen molar-refractivity contribution in [1.82, 2.24) is 15.5 Å². The number of likely N-dealkylation sites (N-methyl/N-ethyl adjacent to an activating group) is 1. The van der Waals surface area contributed by atoms with Crippen molar-refractivity contribution in [2.75, 3.05) is 47.0 Å². The van der Waals surface area contributed by atoms with Crippen LogP contribution in [0.25, 0.3) is 11.1 Å². The molecule has 1 unspecified atom stereocenters. The van der Waals surface area contributed by atoms with Crippen molar-refractivity contribution in [2.45, 2.75) is 24.8 Å². The Bertz CT molecular complexity index is 982. The molecule has 2 aromatic rings. The summed E-state index contributed by atoms with van der Waals surface area (Å²) in [7, 11) is 3.53. The predicted octanol–water partition coefficient (Wildman–Crippen LogP) is 2.45. The highest BCUT2D eigenvalue weighted by Crippen LogP contribution is 2.44. The number of carboxylic acids is 1. The molecule has 1 aliphatic rings. The van der Waals surface area contributed by atoms with Crippen LogP contribution in [0.4, 0.5) is 4.79 Å². The van der Waals surface area contributed by atoms with Gasteiger partial charge < -0.3 is 30.1 Å². The van der Waals surface area contributed by atoms with Gasteiger partial charge in [-0.25, -0.2) is 4.79 Å². The van der Waals surface area contributed by atoms with Crippen LogP contribution < -0.4 is 10.6 Å². The van der Waals surface area contributed by atoms with Crippen molar-refractivity contribution >= 4 is 18.0 Å². The van der Waals surface area contributed by atoms with E-state index >= 15 is 0 Å². The van der Waals surface area contributed by atoms with Gasteiger partial charge in [-0.2, -0.15) is 0 Å². The van der Waals surface area contributed by atoms with E-state index in [1.807, 2.05) is 60.5 Å². The number of alkyl carbamates (subject to hydrolysis) is 1. The second-order valence-electron chi connectivity index (χ2n) is 8.54. The number of carboxylic acid groups (broad SMARTS) is 1. The second kappa shape index (κ2) is 12.9. The smallest absolute Gasteiger partial charge is 0.407 e. The molecule has 0 bridgehead atoms. The van der Waals surface area contributed by atoms with Crippen molar-refractivity contribution in [1.29, 1.82) is 0 Å². The highest BCUT2D eigenvalue weighted by Gasteiger charge is 2.30. The third kappa shape index (κ3) is 7.27. The van der Waals surface area contributed by atoms with E-state index in [0.29, 0.717) is 26.2 Å². The Balaban J connectivity index is 1.56. The zero-order valence-corrected chi connectivity index (χ0v) is 20.2. The maximum Gasteiger partial charge on any atom is 0.407 e. The molecule has 188 valence electrons. The molecule has 2 amide bonds. The first-order valence-electron chi connectivity index (χ1n) is 11.7. The molecule has 9 nitrogen and oxygen atoms in total. The zero-order chi connectivity index (χ0) is 25.2. The number of amides is 2. The third-order valence-electron chi connectivity index (χ3n) is 6.07. The number of ether oxygens (including phenoxy) is 2. The largest absolute Gasteiger partial charge is 0.481 e. The maximum atomic E-state index is 12.7. The first-order chi connectivity index (χ1) is 16.9. The van der Waals surface area contributed by atoms with Crippen LogP contribution in [0.3, 0.4) is 0 Å². The molecule has 0 fully saturated rings. The van der Waals surface area contributed by atoms with Crippen molar-refractivity contribution < 1.29 is 29.0 Å². The van der Waals surface area contributed by atoms with Crippen LogP contribution in [0.2, 0.25) is 0 Å². The van der Waals surface area contributed by atoms with Crippen molar-refractivity contribution in [2.24, 2.45) is 0 Å². The SMILES string of the molecule is COCCN(C)CCNC(=O)C(CCC(=O)O)NC(=O)OCC1c2ccccc2-c2ccccc21. The van der Waals surface area contributed by atoms with Crippen molar-refractivity contribution in [3.8, 4) is 11.1 Å². The number of hydrogen-bond acceptors (Lipinski definition) is 6. The number of methoxy groups -OCH3 is 1. The van der Waals surface area contributed by atoms with Gasteiger partial charge in [0, 0.05) is 39.1 Å². The summed E-state index contributed by atoms with van der Waals surface area (Å²) in [6.07, 6.45) is -1.05. The fourth-order valence-electron chi connectivity index (χ4n) is 4.17. The van der Waals surface area contributed by atoms with Crippen LogP contribution in [0.15, 0.2) is 48.5 Å². The topological polar surface area (TPSA) is 117 Å². The molecule has 0 saturated carbocycles. The van der Waals surface area contributed by atoms with E-state index in [2.05, 4.69) is 10.6 Å². The summed E-state index contributed by atoms with van der Waals surface area (Å²) >= 11 is 0. The normalized spacial score (nSPS) is 13.1. The summed E-state index contributed by atoms with van der Waals surface area (Å²) in [5.41, 5.74) is 4.40. The maximum absolute atomic E-state index is 12.7. The Kier molecular flexibility index (Phi) is 9.63. The lowest BCUT2D eigenvalue weighted by Crippen LogP contribution is -2.48. The molecule has 1 atom stereocenters. The fourth-order valence-corrected chi connectivity index (χ4v) is 4.17. The fraction of sp³-hybridized carbons (Fsp3) is 0.423. The van der Waals surface area contributed by atoms with E-state index in [4.69, 9.17) is 14.6 Å². The van der Waals surface area contributed by atoms with Crippen LogP contribution >= 0.6 is 0 Å². The minimum Gasteiger partial charge on any atom is -0.481 e. The monoisotopic (exact) mass is 483 g/mol. The lowest BCUT2D eigenvalue weighted by molar-refractivity contribution is -0.137. The molecule has 3 rings (SSSR count). The number of carbonyl (C=O) groups is 3. The Morgan fingerprint density at radius 1 is 1.03 bits per heavy atom. The van der Waals surface area contributed by atoms with Gasteiger partial charge in [-0.3, -0.25) is 9.59 Å². The molecule has 3 N–H and O–H groups in total. The molecule has 0 aliphatic heterocycles. The summed E-state index contributed by atoms with van der Waals surface area (Å²) in [5, 5.41) is 14.4. The number of rotatable bonds is 13. The zero-order valence-electron chi connectivity index (χ0n) is 20.2. The number of aliphatic carboxylic acids is 1. The van der Waals surface area contributed by atoms with Gasteiger partial charge in [-0.15, -0.1) is 0 Å². The van der Waals surface area contributed by atoms with Gasteiger partial charge in [0.25, 0.3) is 0 Å². The first-order valence-corrected chi connectivity index (χ1v) is 11.7. The summed E-state index contributed by atoms with van der Waals surface area (Å²) in [4.78, 5) is 38.3. The molecule has 0 heterocycles. The molecule has 0 aromatic heterocycles. The average Bonchev–Trinajstić information content (AvgIpc) is 3.17. The van der Waals surface area contributed by atoms with Gasteiger partial charge in [0.2, 0.25) is 5.91 Å². The number of fused-ring (bicyclic) bond motifs is 3. The Morgan fingerprint density at radius 2 is 1.66 bits per heavy atom. The quantitative estimate of drug-likeness (QED) is 0.401. The van der Waals surface area contributed by atoms with Crippen LogP contribution in [-0.2, 0) is 19.1 Å². The predicted molar refractivity (Wildman–Crippen MR) is 131 cm³/mol. The van der Waals surface area contributed by atoms with Crippen LogP contribution in [0, 0.1) is 0 Å². The summed E-state index contributed by atoms with van der Waals surface area (Å²) < 4.78 is 10.5. The molecule has 0 spiro atoms. The van der Waals surface area contributed by atoms with Gasteiger partial charge in [-0.05, 0) is 35.7 Å². The van der Waals surface area contributed by atoms with E-state index < -0.39 is 24.0 Å². The van der Waals surface area contributed by atoms with Crippen molar-refractivity contribution in [3.05, 3.63) is 59.7 Å². The lowest BCUT2D eigenvalue weighted by Gasteiger charge is -2.20. The third-order valence-corrected chi connectivity index (χ3v) is 6.07. The molecule has 0 saturated heterocycles. The number of nitrogens with zero attached hydrogens (tertiary/aromatic N) is 1. The molecule has 35 heavy (non-hydrogen) atoms. The van der Waals surface area contributed by atoms with Gasteiger partial charge in [0.1, 0.15) is 12.6 Å². The summed E-state index contributed by atoms with van der Waals surface area (Å²) in [6.45, 7) is 2.35. The minimum absolute atomic E-state index is 0.0368. The highest BCUT2D eigenvalue weighted by atomic mass is 16.5. The van der Waals surface area contributed by atoms with E-state index in [-0.39, 0.29) is 25.4 Å². The number of nitrogens with one attached hydrogen (secondary N) is 2. The molecule has 2 aromatic carbocycles. The molecular formula is C26H33N3O6. The first kappa shape index (κ1) is 26.2. The Hall–Kier alpha value is -3.43. The molecular weight excluding hydrogens is 450 g/mol. The van der Waals surface area contributed by atoms with E-state index in [9.17, 15) is 14.4 Å². The van der Waals surface area contributed by atoms with Crippen LogP contribution in [-0.4, -0.2) is 81.0 Å². The van der Waals surface area contributed by atoms with Gasteiger partial charge in [0.05, 0.1) is 6.61 Å². The van der Waals surface area contributed by atoms with Crippen LogP contribution in [0.5, 0.6) is 0 Å². The number of hydrogen-bond donors (Lipinski definition) is 3. The van der Waals surface area contributed by atoms with E-state index in [0.717, 1.165) is 22.3 Å². The lowest BCUT2D eigenvalue weighted by atomic mass is 9.98. The molecule has 1 aliphatic carbocycles. The van der Waals surface area contributed by atoms with Crippen LogP contribution in [0.1, 0.15) is 29.9 Å². The van der Waals surface area contributed by atoms with Crippen molar-refractivity contribution in [3.63, 3.8) is 0 Å². The summed E-state index contributed by atoms with van der Waals surface area (Å²) in [5.74, 6) is -1.60. The van der Waals surface area contributed by atoms with E-state index in [1.165, 1.54) is 0 Å². The van der Waals surface area contributed by atoms with Gasteiger partial charge >= 0.3 is 12.1 Å².